The first-order chi connectivity index (χ1) is 12.6. The smallest absolute Gasteiger partial charge is 0.294 e. The van der Waals surface area contributed by atoms with Crippen LogP contribution in [0.25, 0.3) is 0 Å². The minimum atomic E-state index is -4.61. The average Bonchev–Trinajstić information content (AvgIpc) is 2.62. The van der Waals surface area contributed by atoms with Crippen molar-refractivity contribution in [2.75, 3.05) is 6.54 Å². The van der Waals surface area contributed by atoms with Crippen molar-refractivity contribution < 1.29 is 26.4 Å². The number of hydrogen-bond acceptors (Lipinski definition) is 3. The highest BCUT2D eigenvalue weighted by Crippen LogP contribution is 2.30. The second-order valence-corrected chi connectivity index (χ2v) is 7.81. The van der Waals surface area contributed by atoms with Gasteiger partial charge in [-0.2, -0.15) is 13.2 Å². The maximum absolute atomic E-state index is 12.7. The van der Waals surface area contributed by atoms with Gasteiger partial charge < -0.3 is 0 Å². The van der Waals surface area contributed by atoms with Crippen molar-refractivity contribution in [1.29, 1.82) is 0 Å². The van der Waals surface area contributed by atoms with Crippen molar-refractivity contribution >= 4 is 15.8 Å². The molecule has 0 saturated carbocycles. The van der Waals surface area contributed by atoms with E-state index in [9.17, 15) is 26.4 Å². The van der Waals surface area contributed by atoms with Crippen molar-refractivity contribution in [3.63, 3.8) is 0 Å². The van der Waals surface area contributed by atoms with Gasteiger partial charge in [0.05, 0.1) is 10.5 Å². The predicted molar refractivity (Wildman–Crippen MR) is 96.0 cm³/mol. The van der Waals surface area contributed by atoms with Crippen LogP contribution in [0.15, 0.2) is 53.4 Å². The second kappa shape index (κ2) is 8.67. The molecule has 0 atom stereocenters. The van der Waals surface area contributed by atoms with Gasteiger partial charge in [-0.1, -0.05) is 37.3 Å². The van der Waals surface area contributed by atoms with Crippen LogP contribution in [0, 0.1) is 0 Å². The fraction of sp³-hybridized carbons (Fsp3) is 0.316. The largest absolute Gasteiger partial charge is 0.416 e. The molecule has 8 heteroatoms. The minimum Gasteiger partial charge on any atom is -0.294 e. The third-order valence-corrected chi connectivity index (χ3v) is 5.39. The fourth-order valence-corrected chi connectivity index (χ4v) is 3.56. The zero-order valence-electron chi connectivity index (χ0n) is 14.7. The highest BCUT2D eigenvalue weighted by Gasteiger charge is 2.31. The molecule has 1 N–H and O–H groups in total. The lowest BCUT2D eigenvalue weighted by Gasteiger charge is -2.10. The molecule has 0 aromatic heterocycles. The van der Waals surface area contributed by atoms with Gasteiger partial charge in [-0.05, 0) is 36.6 Å². The van der Waals surface area contributed by atoms with Gasteiger partial charge in [-0.25, -0.2) is 13.1 Å². The lowest BCUT2D eigenvalue weighted by Crippen LogP contribution is -2.26. The third kappa shape index (κ3) is 5.90. The molecule has 0 aliphatic rings. The van der Waals surface area contributed by atoms with Crippen LogP contribution in [0.4, 0.5) is 13.2 Å². The zero-order chi connectivity index (χ0) is 20.1. The van der Waals surface area contributed by atoms with Gasteiger partial charge >= 0.3 is 6.18 Å². The van der Waals surface area contributed by atoms with Gasteiger partial charge in [0.25, 0.3) is 0 Å². The molecule has 0 bridgehead atoms. The first-order valence-electron chi connectivity index (χ1n) is 8.42. The van der Waals surface area contributed by atoms with E-state index in [1.54, 1.807) is 24.3 Å². The van der Waals surface area contributed by atoms with Crippen LogP contribution in [-0.2, 0) is 22.6 Å². The molecule has 0 aliphatic heterocycles. The van der Waals surface area contributed by atoms with Crippen LogP contribution in [0.5, 0.6) is 0 Å². The molecule has 4 nitrogen and oxygen atoms in total. The molecular weight excluding hydrogens is 379 g/mol. The summed E-state index contributed by atoms with van der Waals surface area (Å²) >= 11 is 0. The zero-order valence-corrected chi connectivity index (χ0v) is 15.5. The number of nitrogens with one attached hydrogen (secondary N) is 1. The Balaban J connectivity index is 1.99. The van der Waals surface area contributed by atoms with E-state index in [-0.39, 0.29) is 12.3 Å². The van der Waals surface area contributed by atoms with E-state index in [2.05, 4.69) is 4.72 Å². The summed E-state index contributed by atoms with van der Waals surface area (Å²) in [5, 5.41) is 0. The summed E-state index contributed by atoms with van der Waals surface area (Å²) < 4.78 is 64.9. The molecular formula is C19H20F3NO3S. The molecule has 0 radical (unpaired) electrons. The summed E-state index contributed by atoms with van der Waals surface area (Å²) in [6.07, 6.45) is -3.03. The Hall–Kier alpha value is -2.19. The number of halogens is 3. The maximum Gasteiger partial charge on any atom is 0.416 e. The number of ketones is 1. The summed E-state index contributed by atoms with van der Waals surface area (Å²) in [4.78, 5) is 11.4. The number of benzene rings is 2. The molecule has 0 amide bonds. The molecule has 27 heavy (non-hydrogen) atoms. The van der Waals surface area contributed by atoms with Crippen LogP contribution in [0.3, 0.4) is 0 Å². The normalized spacial score (nSPS) is 12.1. The number of carbonyl (C=O) groups excluding carboxylic acids is 1. The number of sulfonamides is 1. The lowest BCUT2D eigenvalue weighted by molar-refractivity contribution is -0.137. The van der Waals surface area contributed by atoms with Gasteiger partial charge in [0.15, 0.2) is 5.78 Å². The van der Waals surface area contributed by atoms with Gasteiger partial charge in [0.2, 0.25) is 10.0 Å². The molecule has 2 rings (SSSR count). The summed E-state index contributed by atoms with van der Waals surface area (Å²) in [6.45, 7) is 1.95. The number of alkyl halides is 3. The molecule has 0 heterocycles. The molecule has 0 fully saturated rings. The lowest BCUT2D eigenvalue weighted by atomic mass is 10.0. The Morgan fingerprint density at radius 1 is 1.07 bits per heavy atom. The Labute approximate surface area is 156 Å². The van der Waals surface area contributed by atoms with Crippen LogP contribution in [-0.4, -0.2) is 20.7 Å². The Kier molecular flexibility index (Phi) is 6.78. The van der Waals surface area contributed by atoms with E-state index in [0.717, 1.165) is 30.2 Å². The molecule has 0 saturated heterocycles. The van der Waals surface area contributed by atoms with Crippen molar-refractivity contribution in [1.82, 2.24) is 4.72 Å². The average molecular weight is 399 g/mol. The van der Waals surface area contributed by atoms with E-state index in [0.29, 0.717) is 24.5 Å². The molecule has 0 spiro atoms. The molecule has 2 aromatic carbocycles. The highest BCUT2D eigenvalue weighted by molar-refractivity contribution is 7.89. The summed E-state index contributed by atoms with van der Waals surface area (Å²) in [5.41, 5.74) is 0.401. The first kappa shape index (κ1) is 21.1. The van der Waals surface area contributed by atoms with E-state index in [1.807, 2.05) is 6.92 Å². The van der Waals surface area contributed by atoms with E-state index >= 15 is 0 Å². The maximum atomic E-state index is 12.7. The standard InChI is InChI=1S/C19H20F3NO3S/c1-2-4-18(24)15-9-7-14(8-10-15)11-12-23-27(25,26)17-6-3-5-16(13-17)19(20,21)22/h3,5-10,13,23H,2,4,11-12H2,1H3. The highest BCUT2D eigenvalue weighted by atomic mass is 32.2. The third-order valence-electron chi connectivity index (χ3n) is 3.93. The van der Waals surface area contributed by atoms with Crippen LogP contribution in [0.1, 0.15) is 41.3 Å². The second-order valence-electron chi connectivity index (χ2n) is 6.04. The Morgan fingerprint density at radius 2 is 1.74 bits per heavy atom. The number of rotatable bonds is 8. The monoisotopic (exact) mass is 399 g/mol. The van der Waals surface area contributed by atoms with Crippen LogP contribution < -0.4 is 4.72 Å². The summed E-state index contributed by atoms with van der Waals surface area (Å²) in [6, 6.07) is 10.5. The van der Waals surface area contributed by atoms with Crippen molar-refractivity contribution in [2.24, 2.45) is 0 Å². The van der Waals surface area contributed by atoms with Gasteiger partial charge in [0, 0.05) is 18.5 Å². The van der Waals surface area contributed by atoms with Crippen molar-refractivity contribution in [3.8, 4) is 0 Å². The van der Waals surface area contributed by atoms with Crippen LogP contribution >= 0.6 is 0 Å². The van der Waals surface area contributed by atoms with E-state index < -0.39 is 26.7 Å². The summed E-state index contributed by atoms with van der Waals surface area (Å²) in [7, 11) is -4.05. The fourth-order valence-electron chi connectivity index (χ4n) is 2.48. The van der Waals surface area contributed by atoms with E-state index in [1.165, 1.54) is 0 Å². The Bertz CT molecular complexity index is 891. The number of Topliss-reactive ketones (excluding diaryl/α,β-unsaturated/α-hetero) is 1. The van der Waals surface area contributed by atoms with Gasteiger partial charge in [0.1, 0.15) is 0 Å². The topological polar surface area (TPSA) is 63.2 Å². The molecule has 0 unspecified atom stereocenters. The van der Waals surface area contributed by atoms with Gasteiger partial charge in [-0.3, -0.25) is 4.79 Å². The van der Waals surface area contributed by atoms with Crippen molar-refractivity contribution in [3.05, 3.63) is 65.2 Å². The molecule has 146 valence electrons. The van der Waals surface area contributed by atoms with E-state index in [4.69, 9.17) is 0 Å². The molecule has 2 aromatic rings. The van der Waals surface area contributed by atoms with Crippen molar-refractivity contribution in [2.45, 2.75) is 37.3 Å². The molecule has 0 aliphatic carbocycles. The minimum absolute atomic E-state index is 0.0286. The number of hydrogen-bond donors (Lipinski definition) is 1. The number of carbonyl (C=O) groups is 1. The SMILES string of the molecule is CCCC(=O)c1ccc(CCNS(=O)(=O)c2cccc(C(F)(F)F)c2)cc1. The first-order valence-corrected chi connectivity index (χ1v) is 9.91. The quantitative estimate of drug-likeness (QED) is 0.677. The summed E-state index contributed by atoms with van der Waals surface area (Å²) in [5.74, 6) is 0.0503. The van der Waals surface area contributed by atoms with Crippen LogP contribution in [0.2, 0.25) is 0 Å². The predicted octanol–water partition coefficient (Wildman–Crippen LogP) is 4.21. The Morgan fingerprint density at radius 3 is 2.33 bits per heavy atom. The van der Waals surface area contributed by atoms with Gasteiger partial charge in [-0.15, -0.1) is 0 Å².